The predicted molar refractivity (Wildman–Crippen MR) is 71.6 cm³/mol. The molecule has 0 spiro atoms. The van der Waals surface area contributed by atoms with Crippen molar-refractivity contribution in [3.05, 3.63) is 0 Å². The van der Waals surface area contributed by atoms with Crippen molar-refractivity contribution in [2.75, 3.05) is 26.3 Å². The molecule has 0 aromatic carbocycles. The van der Waals surface area contributed by atoms with Crippen LogP contribution in [0.15, 0.2) is 0 Å². The Labute approximate surface area is 114 Å². The van der Waals surface area contributed by atoms with Gasteiger partial charge in [0.1, 0.15) is 5.54 Å². The van der Waals surface area contributed by atoms with Crippen LogP contribution in [0.3, 0.4) is 0 Å². The number of ether oxygens (including phenoxy) is 1. The molecule has 0 unspecified atom stereocenters. The molecule has 1 saturated carbocycles. The van der Waals surface area contributed by atoms with Crippen LogP contribution in [0.25, 0.3) is 0 Å². The van der Waals surface area contributed by atoms with Gasteiger partial charge in [-0.2, -0.15) is 0 Å². The SMILES string of the molecule is CCC1(CC)NC(=O)CN(CCOCC2CC2)C1=O. The van der Waals surface area contributed by atoms with Crippen molar-refractivity contribution in [3.63, 3.8) is 0 Å². The second-order valence-electron chi connectivity index (χ2n) is 5.58. The molecule has 0 bridgehead atoms. The number of hydrogen-bond acceptors (Lipinski definition) is 3. The van der Waals surface area contributed by atoms with E-state index in [1.54, 1.807) is 4.90 Å². The first-order valence-corrected chi connectivity index (χ1v) is 7.29. The summed E-state index contributed by atoms with van der Waals surface area (Å²) in [5, 5.41) is 2.86. The van der Waals surface area contributed by atoms with Gasteiger partial charge in [0.05, 0.1) is 13.2 Å². The Morgan fingerprint density at radius 2 is 2.00 bits per heavy atom. The van der Waals surface area contributed by atoms with Crippen LogP contribution in [-0.2, 0) is 14.3 Å². The smallest absolute Gasteiger partial charge is 0.248 e. The number of carbonyl (C=O) groups excluding carboxylic acids is 2. The average Bonchev–Trinajstić information content (AvgIpc) is 3.22. The van der Waals surface area contributed by atoms with E-state index in [1.165, 1.54) is 12.8 Å². The summed E-state index contributed by atoms with van der Waals surface area (Å²) in [5.74, 6) is 0.698. The highest BCUT2D eigenvalue weighted by Crippen LogP contribution is 2.28. The van der Waals surface area contributed by atoms with Gasteiger partial charge in [-0.25, -0.2) is 0 Å². The molecule has 0 aromatic rings. The molecule has 5 heteroatoms. The number of piperazine rings is 1. The van der Waals surface area contributed by atoms with Crippen LogP contribution in [0, 0.1) is 5.92 Å². The Morgan fingerprint density at radius 3 is 2.58 bits per heavy atom. The highest BCUT2D eigenvalue weighted by atomic mass is 16.5. The van der Waals surface area contributed by atoms with Crippen molar-refractivity contribution in [3.8, 4) is 0 Å². The molecule has 108 valence electrons. The highest BCUT2D eigenvalue weighted by Gasteiger charge is 2.43. The summed E-state index contributed by atoms with van der Waals surface area (Å²) in [6.07, 6.45) is 3.79. The largest absolute Gasteiger partial charge is 0.379 e. The molecule has 1 N–H and O–H groups in total. The van der Waals surface area contributed by atoms with Gasteiger partial charge in [-0.3, -0.25) is 9.59 Å². The summed E-state index contributed by atoms with van der Waals surface area (Å²) in [4.78, 5) is 25.8. The molecule has 5 nitrogen and oxygen atoms in total. The minimum absolute atomic E-state index is 0.0344. The van der Waals surface area contributed by atoms with Crippen molar-refractivity contribution in [1.82, 2.24) is 10.2 Å². The highest BCUT2D eigenvalue weighted by molar-refractivity contribution is 5.97. The maximum atomic E-state index is 12.5. The number of hydrogen-bond donors (Lipinski definition) is 1. The Hall–Kier alpha value is -1.10. The Morgan fingerprint density at radius 1 is 1.32 bits per heavy atom. The minimum atomic E-state index is -0.703. The predicted octanol–water partition coefficient (Wildman–Crippen LogP) is 0.930. The van der Waals surface area contributed by atoms with Crippen LogP contribution in [0.4, 0.5) is 0 Å². The van der Waals surface area contributed by atoms with Gasteiger partial charge in [0, 0.05) is 13.2 Å². The summed E-state index contributed by atoms with van der Waals surface area (Å²) >= 11 is 0. The van der Waals surface area contributed by atoms with E-state index in [9.17, 15) is 9.59 Å². The molecule has 2 rings (SSSR count). The van der Waals surface area contributed by atoms with E-state index >= 15 is 0 Å². The summed E-state index contributed by atoms with van der Waals surface area (Å²) in [6, 6.07) is 0. The molecular weight excluding hydrogens is 244 g/mol. The van der Waals surface area contributed by atoms with Gasteiger partial charge in [-0.05, 0) is 31.6 Å². The normalized spacial score (nSPS) is 22.5. The summed E-state index contributed by atoms with van der Waals surface area (Å²) in [6.45, 7) is 5.87. The van der Waals surface area contributed by atoms with Gasteiger partial charge in [-0.15, -0.1) is 0 Å². The van der Waals surface area contributed by atoms with Crippen LogP contribution in [-0.4, -0.2) is 48.6 Å². The molecule has 1 heterocycles. The van der Waals surface area contributed by atoms with Gasteiger partial charge < -0.3 is 15.0 Å². The lowest BCUT2D eigenvalue weighted by molar-refractivity contribution is -0.151. The van der Waals surface area contributed by atoms with Gasteiger partial charge in [0.15, 0.2) is 0 Å². The van der Waals surface area contributed by atoms with Crippen LogP contribution in [0.2, 0.25) is 0 Å². The van der Waals surface area contributed by atoms with Crippen LogP contribution in [0.5, 0.6) is 0 Å². The van der Waals surface area contributed by atoms with Gasteiger partial charge in [-0.1, -0.05) is 13.8 Å². The van der Waals surface area contributed by atoms with Gasteiger partial charge in [0.2, 0.25) is 11.8 Å². The molecule has 1 aliphatic carbocycles. The van der Waals surface area contributed by atoms with Gasteiger partial charge in [0.25, 0.3) is 0 Å². The fourth-order valence-electron chi connectivity index (χ4n) is 2.53. The standard InChI is InChI=1S/C14H24N2O3/c1-3-14(4-2)13(18)16(9-12(17)15-14)7-8-19-10-11-5-6-11/h11H,3-10H2,1-2H3,(H,15,17). The zero-order valence-corrected chi connectivity index (χ0v) is 11.9. The lowest BCUT2D eigenvalue weighted by Gasteiger charge is -2.41. The third kappa shape index (κ3) is 3.26. The molecule has 19 heavy (non-hydrogen) atoms. The van der Waals surface area contributed by atoms with E-state index in [0.29, 0.717) is 26.0 Å². The molecule has 2 amide bonds. The van der Waals surface area contributed by atoms with Crippen LogP contribution >= 0.6 is 0 Å². The average molecular weight is 268 g/mol. The fraction of sp³-hybridized carbons (Fsp3) is 0.857. The fourth-order valence-corrected chi connectivity index (χ4v) is 2.53. The first-order valence-electron chi connectivity index (χ1n) is 7.29. The number of carbonyl (C=O) groups is 2. The van der Waals surface area contributed by atoms with Crippen molar-refractivity contribution in [2.24, 2.45) is 5.92 Å². The molecule has 1 saturated heterocycles. The minimum Gasteiger partial charge on any atom is -0.379 e. The van der Waals surface area contributed by atoms with Crippen LogP contribution in [0.1, 0.15) is 39.5 Å². The second kappa shape index (κ2) is 5.90. The summed E-state index contributed by atoms with van der Waals surface area (Å²) < 4.78 is 5.55. The Balaban J connectivity index is 1.86. The lowest BCUT2D eigenvalue weighted by Crippen LogP contribution is -2.66. The Kier molecular flexibility index (Phi) is 4.45. The van der Waals surface area contributed by atoms with E-state index in [0.717, 1.165) is 12.5 Å². The molecule has 2 fully saturated rings. The van der Waals surface area contributed by atoms with E-state index < -0.39 is 5.54 Å². The molecule has 0 radical (unpaired) electrons. The third-order valence-corrected chi connectivity index (χ3v) is 4.17. The molecular formula is C14H24N2O3. The maximum Gasteiger partial charge on any atom is 0.248 e. The lowest BCUT2D eigenvalue weighted by atomic mass is 9.89. The molecule has 1 aliphatic heterocycles. The molecule has 2 aliphatic rings. The third-order valence-electron chi connectivity index (χ3n) is 4.17. The maximum absolute atomic E-state index is 12.5. The Bertz CT molecular complexity index is 349. The first kappa shape index (κ1) is 14.3. The van der Waals surface area contributed by atoms with Crippen molar-refractivity contribution in [1.29, 1.82) is 0 Å². The topological polar surface area (TPSA) is 58.6 Å². The summed E-state index contributed by atoms with van der Waals surface area (Å²) in [7, 11) is 0. The zero-order valence-electron chi connectivity index (χ0n) is 11.9. The van der Waals surface area contributed by atoms with E-state index in [2.05, 4.69) is 5.32 Å². The number of nitrogens with one attached hydrogen (secondary N) is 1. The van der Waals surface area contributed by atoms with E-state index in [4.69, 9.17) is 4.74 Å². The van der Waals surface area contributed by atoms with Crippen molar-refractivity contribution in [2.45, 2.75) is 45.1 Å². The zero-order chi connectivity index (χ0) is 13.9. The van der Waals surface area contributed by atoms with Crippen molar-refractivity contribution >= 4 is 11.8 Å². The first-order chi connectivity index (χ1) is 9.11. The molecule has 0 aromatic heterocycles. The number of amides is 2. The van der Waals surface area contributed by atoms with E-state index in [-0.39, 0.29) is 18.4 Å². The molecule has 0 atom stereocenters. The van der Waals surface area contributed by atoms with Crippen molar-refractivity contribution < 1.29 is 14.3 Å². The number of rotatable bonds is 7. The number of nitrogens with zero attached hydrogens (tertiary/aromatic N) is 1. The quantitative estimate of drug-likeness (QED) is 0.699. The van der Waals surface area contributed by atoms with Crippen LogP contribution < -0.4 is 5.32 Å². The second-order valence-corrected chi connectivity index (χ2v) is 5.58. The monoisotopic (exact) mass is 268 g/mol. The van der Waals surface area contributed by atoms with Gasteiger partial charge >= 0.3 is 0 Å². The van der Waals surface area contributed by atoms with E-state index in [1.807, 2.05) is 13.8 Å². The summed E-state index contributed by atoms with van der Waals surface area (Å²) in [5.41, 5.74) is -0.703.